The molecule has 0 heterocycles. The summed E-state index contributed by atoms with van der Waals surface area (Å²) in [5.74, 6) is -0.668. The summed E-state index contributed by atoms with van der Waals surface area (Å²) in [6.07, 6.45) is -2.57. The van der Waals surface area contributed by atoms with Gasteiger partial charge in [-0.1, -0.05) is 12.1 Å². The molecule has 11 heteroatoms. The molecule has 3 aromatic rings. The van der Waals surface area contributed by atoms with Crippen molar-refractivity contribution < 1.29 is 35.9 Å². The van der Waals surface area contributed by atoms with Crippen molar-refractivity contribution in [3.05, 3.63) is 72.3 Å². The lowest BCUT2D eigenvalue weighted by atomic mass is 10.1. The highest BCUT2D eigenvalue weighted by Crippen LogP contribution is 2.36. The van der Waals surface area contributed by atoms with Gasteiger partial charge in [-0.05, 0) is 73.4 Å². The lowest BCUT2D eigenvalue weighted by Crippen LogP contribution is -2.24. The van der Waals surface area contributed by atoms with Gasteiger partial charge in [-0.25, -0.2) is 8.42 Å². The Kier molecular flexibility index (Phi) is 7.26. The first kappa shape index (κ1) is 26.2. The van der Waals surface area contributed by atoms with E-state index in [4.69, 9.17) is 0 Å². The standard InChI is InChI=1S/C26H23F3N2O5S/c1-17(33)31(21-10-12-22(13-11-21)37(34,35)16-18-6-7-18)24-14-20(9-8-19(24)15-32)30-23-4-2-3-5-25(23)36-26(27,28)29/h2-5,8-15,18,30H,6-7,16H2,1H3. The lowest BCUT2D eigenvalue weighted by Gasteiger charge is -2.24. The number of hydrogen-bond acceptors (Lipinski definition) is 6. The van der Waals surface area contributed by atoms with Crippen molar-refractivity contribution in [2.24, 2.45) is 5.92 Å². The molecule has 4 rings (SSSR count). The van der Waals surface area contributed by atoms with Crippen molar-refractivity contribution in [3.8, 4) is 5.75 Å². The molecule has 1 saturated carbocycles. The molecular formula is C26H23F3N2O5S. The monoisotopic (exact) mass is 532 g/mol. The maximum atomic E-state index is 12.8. The van der Waals surface area contributed by atoms with Gasteiger partial charge in [0.15, 0.2) is 21.9 Å². The molecule has 3 aromatic carbocycles. The van der Waals surface area contributed by atoms with Crippen LogP contribution in [-0.2, 0) is 14.6 Å². The Labute approximate surface area is 211 Å². The highest BCUT2D eigenvalue weighted by Gasteiger charge is 2.32. The summed E-state index contributed by atoms with van der Waals surface area (Å²) in [4.78, 5) is 25.8. The Hall–Kier alpha value is -3.86. The summed E-state index contributed by atoms with van der Waals surface area (Å²) in [5, 5.41) is 2.83. The number of carbonyl (C=O) groups excluding carboxylic acids is 2. The first-order valence-electron chi connectivity index (χ1n) is 11.3. The highest BCUT2D eigenvalue weighted by atomic mass is 32.2. The van der Waals surface area contributed by atoms with Crippen molar-refractivity contribution in [1.29, 1.82) is 0 Å². The number of nitrogens with one attached hydrogen (secondary N) is 1. The highest BCUT2D eigenvalue weighted by molar-refractivity contribution is 7.91. The van der Waals surface area contributed by atoms with E-state index >= 15 is 0 Å². The fraction of sp³-hybridized carbons (Fsp3) is 0.231. The summed E-state index contributed by atoms with van der Waals surface area (Å²) in [6, 6.07) is 15.6. The fourth-order valence-electron chi connectivity index (χ4n) is 3.84. The van der Waals surface area contributed by atoms with Gasteiger partial charge >= 0.3 is 6.36 Å². The van der Waals surface area contributed by atoms with Gasteiger partial charge in [-0.2, -0.15) is 0 Å². The van der Waals surface area contributed by atoms with Crippen LogP contribution in [-0.4, -0.2) is 32.7 Å². The minimum Gasteiger partial charge on any atom is -0.404 e. The third-order valence-electron chi connectivity index (χ3n) is 5.71. The molecule has 0 aliphatic heterocycles. The second kappa shape index (κ2) is 10.3. The molecule has 1 aliphatic rings. The topological polar surface area (TPSA) is 92.8 Å². The van der Waals surface area contributed by atoms with Crippen LogP contribution >= 0.6 is 0 Å². The zero-order chi connectivity index (χ0) is 26.8. The number of para-hydroxylation sites is 2. The number of alkyl halides is 3. The Bertz CT molecular complexity index is 1420. The van der Waals surface area contributed by atoms with Gasteiger partial charge < -0.3 is 10.1 Å². The van der Waals surface area contributed by atoms with Gasteiger partial charge in [0.2, 0.25) is 5.91 Å². The SMILES string of the molecule is CC(=O)N(c1ccc(S(=O)(=O)CC2CC2)cc1)c1cc(Nc2ccccc2OC(F)(F)F)ccc1C=O. The number of ether oxygens (including phenoxy) is 1. The molecule has 0 radical (unpaired) electrons. The van der Waals surface area contributed by atoms with Crippen LogP contribution < -0.4 is 15.0 Å². The van der Waals surface area contributed by atoms with Gasteiger partial charge in [0.05, 0.1) is 22.0 Å². The number of aldehydes is 1. The molecule has 0 atom stereocenters. The largest absolute Gasteiger partial charge is 0.573 e. The maximum absolute atomic E-state index is 12.8. The molecule has 37 heavy (non-hydrogen) atoms. The average molecular weight is 533 g/mol. The van der Waals surface area contributed by atoms with Crippen LogP contribution in [0, 0.1) is 5.92 Å². The smallest absolute Gasteiger partial charge is 0.404 e. The molecule has 194 valence electrons. The number of anilines is 4. The van der Waals surface area contributed by atoms with Gasteiger partial charge in [-0.3, -0.25) is 14.5 Å². The van der Waals surface area contributed by atoms with E-state index in [9.17, 15) is 31.2 Å². The Balaban J connectivity index is 1.67. The fourth-order valence-corrected chi connectivity index (χ4v) is 5.54. The predicted octanol–water partition coefficient (Wildman–Crippen LogP) is 6.01. The number of benzene rings is 3. The quantitative estimate of drug-likeness (QED) is 0.340. The normalized spacial score (nSPS) is 13.6. The van der Waals surface area contributed by atoms with E-state index in [2.05, 4.69) is 10.1 Å². The summed E-state index contributed by atoms with van der Waals surface area (Å²) in [5.41, 5.74) is 0.929. The Morgan fingerprint density at radius 1 is 1.08 bits per heavy atom. The van der Waals surface area contributed by atoms with E-state index in [0.717, 1.165) is 18.9 Å². The second-order valence-electron chi connectivity index (χ2n) is 8.63. The number of hydrogen-bond donors (Lipinski definition) is 1. The zero-order valence-corrected chi connectivity index (χ0v) is 20.5. The molecule has 0 spiro atoms. The van der Waals surface area contributed by atoms with Crippen LogP contribution in [0.25, 0.3) is 0 Å². The number of rotatable bonds is 9. The Morgan fingerprint density at radius 2 is 1.76 bits per heavy atom. The third kappa shape index (κ3) is 6.48. The molecule has 1 fully saturated rings. The molecule has 7 nitrogen and oxygen atoms in total. The molecule has 0 unspecified atom stereocenters. The molecule has 1 amide bonds. The van der Waals surface area contributed by atoms with Crippen LogP contribution in [0.3, 0.4) is 0 Å². The first-order chi connectivity index (χ1) is 17.5. The van der Waals surface area contributed by atoms with Crippen LogP contribution in [0.15, 0.2) is 71.6 Å². The van der Waals surface area contributed by atoms with Gasteiger partial charge in [0.1, 0.15) is 0 Å². The Morgan fingerprint density at radius 3 is 2.35 bits per heavy atom. The third-order valence-corrected chi connectivity index (χ3v) is 7.61. The minimum absolute atomic E-state index is 0.0178. The van der Waals surface area contributed by atoms with Gasteiger partial charge in [0, 0.05) is 23.9 Å². The van der Waals surface area contributed by atoms with Crippen molar-refractivity contribution in [2.45, 2.75) is 31.0 Å². The molecule has 1 aliphatic carbocycles. The molecule has 0 saturated heterocycles. The van der Waals surface area contributed by atoms with E-state index < -0.39 is 27.9 Å². The van der Waals surface area contributed by atoms with E-state index in [1.807, 2.05) is 0 Å². The van der Waals surface area contributed by atoms with E-state index in [-0.39, 0.29) is 39.2 Å². The zero-order valence-electron chi connectivity index (χ0n) is 19.7. The van der Waals surface area contributed by atoms with E-state index in [0.29, 0.717) is 12.0 Å². The van der Waals surface area contributed by atoms with Crippen molar-refractivity contribution in [2.75, 3.05) is 16.0 Å². The van der Waals surface area contributed by atoms with Crippen LogP contribution in [0.5, 0.6) is 5.75 Å². The summed E-state index contributed by atoms with van der Waals surface area (Å²) in [6.45, 7) is 1.28. The summed E-state index contributed by atoms with van der Waals surface area (Å²) in [7, 11) is -3.46. The molecule has 0 aromatic heterocycles. The number of halogens is 3. The molecule has 0 bridgehead atoms. The number of sulfone groups is 1. The van der Waals surface area contributed by atoms with Gasteiger partial charge in [-0.15, -0.1) is 13.2 Å². The van der Waals surface area contributed by atoms with E-state index in [1.165, 1.54) is 72.5 Å². The number of amides is 1. The number of nitrogens with zero attached hydrogens (tertiary/aromatic N) is 1. The van der Waals surface area contributed by atoms with Crippen molar-refractivity contribution in [1.82, 2.24) is 0 Å². The minimum atomic E-state index is -4.89. The predicted molar refractivity (Wildman–Crippen MR) is 132 cm³/mol. The second-order valence-corrected chi connectivity index (χ2v) is 10.7. The van der Waals surface area contributed by atoms with E-state index in [1.54, 1.807) is 0 Å². The number of carbonyl (C=O) groups is 2. The molecular weight excluding hydrogens is 509 g/mol. The lowest BCUT2D eigenvalue weighted by molar-refractivity contribution is -0.274. The van der Waals surface area contributed by atoms with Crippen molar-refractivity contribution in [3.63, 3.8) is 0 Å². The van der Waals surface area contributed by atoms with Gasteiger partial charge in [0.25, 0.3) is 0 Å². The summed E-state index contributed by atoms with van der Waals surface area (Å²) < 4.78 is 67.6. The first-order valence-corrected chi connectivity index (χ1v) is 13.0. The van der Waals surface area contributed by atoms with Crippen LogP contribution in [0.1, 0.15) is 30.1 Å². The van der Waals surface area contributed by atoms with Crippen molar-refractivity contribution >= 4 is 44.8 Å². The van der Waals surface area contributed by atoms with Crippen LogP contribution in [0.2, 0.25) is 0 Å². The summed E-state index contributed by atoms with van der Waals surface area (Å²) >= 11 is 0. The molecule has 1 N–H and O–H groups in total. The maximum Gasteiger partial charge on any atom is 0.573 e. The van der Waals surface area contributed by atoms with Crippen LogP contribution in [0.4, 0.5) is 35.9 Å². The average Bonchev–Trinajstić information content (AvgIpc) is 3.63.